The van der Waals surface area contributed by atoms with Gasteiger partial charge in [-0.3, -0.25) is 14.2 Å². The Hall–Kier alpha value is -2.94. The number of unbranched alkanes of at least 4 members (excludes halogenated alkanes) is 1. The molecular weight excluding hydrogens is 424 g/mol. The Morgan fingerprint density at radius 1 is 1.19 bits per heavy atom. The molecule has 0 saturated carbocycles. The second-order valence-electron chi connectivity index (χ2n) is 6.85. The van der Waals surface area contributed by atoms with E-state index in [1.54, 1.807) is 41.8 Å². The maximum absolute atomic E-state index is 13.0. The second-order valence-corrected chi connectivity index (χ2v) is 8.15. The van der Waals surface area contributed by atoms with Crippen LogP contribution in [0.2, 0.25) is 0 Å². The molecule has 1 heterocycles. The number of para-hydroxylation sites is 3. The fraction of sp³-hybridized carbons (Fsp3) is 0.318. The van der Waals surface area contributed by atoms with Gasteiger partial charge in [0.2, 0.25) is 5.91 Å². The normalized spacial score (nSPS) is 12.2. The van der Waals surface area contributed by atoms with Gasteiger partial charge in [-0.1, -0.05) is 49.4 Å². The molecule has 0 saturated heterocycles. The number of amides is 1. The number of alkyl halides is 2. The first-order valence-corrected chi connectivity index (χ1v) is 10.8. The molecule has 1 aromatic heterocycles. The Morgan fingerprint density at radius 3 is 2.65 bits per heavy atom. The van der Waals surface area contributed by atoms with Crippen molar-refractivity contribution in [3.8, 4) is 5.75 Å². The number of ether oxygens (including phenoxy) is 1. The van der Waals surface area contributed by atoms with E-state index in [1.165, 1.54) is 18.2 Å². The van der Waals surface area contributed by atoms with Gasteiger partial charge in [-0.25, -0.2) is 4.98 Å². The van der Waals surface area contributed by atoms with E-state index in [4.69, 9.17) is 0 Å². The summed E-state index contributed by atoms with van der Waals surface area (Å²) in [5, 5.41) is 2.95. The van der Waals surface area contributed by atoms with Crippen LogP contribution in [0.25, 0.3) is 10.9 Å². The van der Waals surface area contributed by atoms with E-state index in [9.17, 15) is 18.4 Å². The van der Waals surface area contributed by atoms with Crippen molar-refractivity contribution < 1.29 is 18.3 Å². The largest absolute Gasteiger partial charge is 0.433 e. The van der Waals surface area contributed by atoms with Crippen molar-refractivity contribution >= 4 is 34.3 Å². The van der Waals surface area contributed by atoms with Gasteiger partial charge < -0.3 is 10.1 Å². The first-order chi connectivity index (χ1) is 14.9. The highest BCUT2D eigenvalue weighted by molar-refractivity contribution is 8.00. The average molecular weight is 448 g/mol. The molecule has 0 fully saturated rings. The van der Waals surface area contributed by atoms with Crippen molar-refractivity contribution in [2.24, 2.45) is 0 Å². The van der Waals surface area contributed by atoms with Crippen molar-refractivity contribution in [2.45, 2.75) is 50.3 Å². The number of hydrogen-bond acceptors (Lipinski definition) is 5. The number of aromatic nitrogens is 2. The van der Waals surface area contributed by atoms with Crippen LogP contribution in [0.1, 0.15) is 26.7 Å². The Morgan fingerprint density at radius 2 is 1.90 bits per heavy atom. The number of carbonyl (C=O) groups is 1. The molecule has 0 aliphatic carbocycles. The zero-order valence-electron chi connectivity index (χ0n) is 17.2. The molecule has 1 amide bonds. The topological polar surface area (TPSA) is 73.2 Å². The fourth-order valence-corrected chi connectivity index (χ4v) is 3.90. The third-order valence-corrected chi connectivity index (χ3v) is 5.66. The summed E-state index contributed by atoms with van der Waals surface area (Å²) in [7, 11) is 0. The number of benzene rings is 2. The molecule has 3 aromatic rings. The summed E-state index contributed by atoms with van der Waals surface area (Å²) in [4.78, 5) is 30.3. The van der Waals surface area contributed by atoms with Gasteiger partial charge >= 0.3 is 6.61 Å². The number of hydrogen-bond donors (Lipinski definition) is 1. The summed E-state index contributed by atoms with van der Waals surface area (Å²) in [5.74, 6) is -0.536. The van der Waals surface area contributed by atoms with Crippen molar-refractivity contribution in [2.75, 3.05) is 5.32 Å². The van der Waals surface area contributed by atoms with Crippen LogP contribution in [0.4, 0.5) is 14.5 Å². The molecule has 9 heteroatoms. The third-order valence-electron chi connectivity index (χ3n) is 4.57. The summed E-state index contributed by atoms with van der Waals surface area (Å²) in [5.41, 5.74) is 0.561. The minimum absolute atomic E-state index is 0.119. The van der Waals surface area contributed by atoms with Crippen LogP contribution in [-0.2, 0) is 11.3 Å². The van der Waals surface area contributed by atoms with Crippen LogP contribution >= 0.6 is 11.8 Å². The lowest BCUT2D eigenvalue weighted by Crippen LogP contribution is -2.27. The first-order valence-electron chi connectivity index (χ1n) is 9.91. The molecule has 31 heavy (non-hydrogen) atoms. The zero-order valence-corrected chi connectivity index (χ0v) is 18.0. The monoisotopic (exact) mass is 447 g/mol. The average Bonchev–Trinajstić information content (AvgIpc) is 2.74. The smallest absolute Gasteiger partial charge is 0.387 e. The molecule has 1 N–H and O–H groups in total. The quantitative estimate of drug-likeness (QED) is 0.372. The van der Waals surface area contributed by atoms with Crippen LogP contribution in [0.5, 0.6) is 5.75 Å². The summed E-state index contributed by atoms with van der Waals surface area (Å²) in [6, 6.07) is 13.1. The van der Waals surface area contributed by atoms with Crippen molar-refractivity contribution in [3.63, 3.8) is 0 Å². The summed E-state index contributed by atoms with van der Waals surface area (Å²) >= 11 is 1.15. The lowest BCUT2D eigenvalue weighted by atomic mass is 10.2. The molecule has 2 aromatic carbocycles. The van der Waals surface area contributed by atoms with E-state index in [2.05, 4.69) is 15.0 Å². The highest BCUT2D eigenvalue weighted by Gasteiger charge is 2.21. The lowest BCUT2D eigenvalue weighted by Gasteiger charge is -2.17. The molecule has 0 spiro atoms. The molecule has 0 aliphatic heterocycles. The molecular formula is C22H23F2N3O3S. The van der Waals surface area contributed by atoms with E-state index < -0.39 is 17.8 Å². The Kier molecular flexibility index (Phi) is 7.62. The summed E-state index contributed by atoms with van der Waals surface area (Å²) in [6.45, 7) is 1.19. The Labute approximate surface area is 182 Å². The van der Waals surface area contributed by atoms with Gasteiger partial charge in [0.25, 0.3) is 5.56 Å². The number of rotatable bonds is 9. The van der Waals surface area contributed by atoms with Crippen LogP contribution < -0.4 is 15.6 Å². The van der Waals surface area contributed by atoms with Gasteiger partial charge in [-0.15, -0.1) is 0 Å². The van der Waals surface area contributed by atoms with E-state index in [-0.39, 0.29) is 17.0 Å². The van der Waals surface area contributed by atoms with Crippen LogP contribution in [0.3, 0.4) is 0 Å². The molecule has 1 unspecified atom stereocenters. The third kappa shape index (κ3) is 5.61. The van der Waals surface area contributed by atoms with Crippen molar-refractivity contribution in [1.82, 2.24) is 9.55 Å². The number of nitrogens with zero attached hydrogens (tertiary/aromatic N) is 2. The van der Waals surface area contributed by atoms with Crippen LogP contribution in [0, 0.1) is 0 Å². The Balaban J connectivity index is 1.85. The predicted octanol–water partition coefficient (Wildman–Crippen LogP) is 4.92. The number of anilines is 1. The summed E-state index contributed by atoms with van der Waals surface area (Å²) < 4.78 is 31.3. The van der Waals surface area contributed by atoms with Crippen LogP contribution in [-0.4, -0.2) is 27.3 Å². The Bertz CT molecular complexity index is 1120. The summed E-state index contributed by atoms with van der Waals surface area (Å²) in [6.07, 6.45) is 1.70. The SMILES string of the molecule is CCCCn1c(SC(C)C(=O)Nc2ccccc2OC(F)F)nc2ccccc2c1=O. The fourth-order valence-electron chi connectivity index (χ4n) is 2.97. The maximum Gasteiger partial charge on any atom is 0.387 e. The molecule has 0 radical (unpaired) electrons. The van der Waals surface area contributed by atoms with Crippen molar-refractivity contribution in [3.05, 3.63) is 58.9 Å². The molecule has 164 valence electrons. The molecule has 0 aliphatic rings. The number of thioether (sulfide) groups is 1. The van der Waals surface area contributed by atoms with Gasteiger partial charge in [0, 0.05) is 6.54 Å². The highest BCUT2D eigenvalue weighted by atomic mass is 32.2. The predicted molar refractivity (Wildman–Crippen MR) is 118 cm³/mol. The van der Waals surface area contributed by atoms with Gasteiger partial charge in [0.05, 0.1) is 21.8 Å². The van der Waals surface area contributed by atoms with E-state index in [1.807, 2.05) is 6.92 Å². The van der Waals surface area contributed by atoms with Crippen LogP contribution in [0.15, 0.2) is 58.5 Å². The van der Waals surface area contributed by atoms with E-state index in [0.29, 0.717) is 22.6 Å². The molecule has 1 atom stereocenters. The highest BCUT2D eigenvalue weighted by Crippen LogP contribution is 2.28. The standard InChI is InChI=1S/C22H23F2N3O3S/c1-3-4-13-27-20(29)15-9-5-6-10-16(15)26-22(27)31-14(2)19(28)25-17-11-7-8-12-18(17)30-21(23)24/h5-12,14,21H,3-4,13H2,1-2H3,(H,25,28). The number of fused-ring (bicyclic) bond motifs is 1. The molecule has 0 bridgehead atoms. The lowest BCUT2D eigenvalue weighted by molar-refractivity contribution is -0.115. The number of carbonyl (C=O) groups excluding carboxylic acids is 1. The number of halogens is 2. The molecule has 6 nitrogen and oxygen atoms in total. The first kappa shape index (κ1) is 22.7. The minimum Gasteiger partial charge on any atom is -0.433 e. The maximum atomic E-state index is 13.0. The second kappa shape index (κ2) is 10.4. The van der Waals surface area contributed by atoms with E-state index in [0.717, 1.165) is 24.6 Å². The van der Waals surface area contributed by atoms with Gasteiger partial charge in [0.15, 0.2) is 5.16 Å². The van der Waals surface area contributed by atoms with Gasteiger partial charge in [-0.05, 0) is 37.6 Å². The van der Waals surface area contributed by atoms with Crippen molar-refractivity contribution in [1.29, 1.82) is 0 Å². The number of nitrogens with one attached hydrogen (secondary N) is 1. The zero-order chi connectivity index (χ0) is 22.4. The van der Waals surface area contributed by atoms with Gasteiger partial charge in [0.1, 0.15) is 5.75 Å². The van der Waals surface area contributed by atoms with E-state index >= 15 is 0 Å². The van der Waals surface area contributed by atoms with Gasteiger partial charge in [-0.2, -0.15) is 8.78 Å². The molecule has 3 rings (SSSR count). The minimum atomic E-state index is -3.00.